The fourth-order valence-electron chi connectivity index (χ4n) is 2.91. The zero-order valence-corrected chi connectivity index (χ0v) is 17.0. The van der Waals surface area contributed by atoms with Crippen LogP contribution in [0.5, 0.6) is 11.5 Å². The van der Waals surface area contributed by atoms with Gasteiger partial charge < -0.3 is 14.4 Å². The molecule has 0 radical (unpaired) electrons. The van der Waals surface area contributed by atoms with Gasteiger partial charge in [0.2, 0.25) is 11.1 Å². The second kappa shape index (κ2) is 8.52. The molecule has 8 nitrogen and oxygen atoms in total. The highest BCUT2D eigenvalue weighted by Gasteiger charge is 2.24. The summed E-state index contributed by atoms with van der Waals surface area (Å²) in [6.07, 6.45) is -0.207. The highest BCUT2D eigenvalue weighted by atomic mass is 32.2. The molecule has 1 aromatic heterocycles. The Balaban J connectivity index is 1.32. The number of hydrogen-bond donors (Lipinski definition) is 0. The van der Waals surface area contributed by atoms with E-state index in [-0.39, 0.29) is 17.8 Å². The molecular weight excluding hydrogens is 390 g/mol. The molecule has 0 bridgehead atoms. The van der Waals surface area contributed by atoms with Crippen molar-refractivity contribution >= 4 is 17.7 Å². The Morgan fingerprint density at radius 2 is 1.97 bits per heavy atom. The van der Waals surface area contributed by atoms with Crippen LogP contribution in [0.3, 0.4) is 0 Å². The molecule has 0 saturated carbocycles. The van der Waals surface area contributed by atoms with Gasteiger partial charge in [-0.3, -0.25) is 4.79 Å². The molecule has 0 spiro atoms. The van der Waals surface area contributed by atoms with E-state index in [0.717, 1.165) is 17.0 Å². The number of carbonyl (C=O) groups is 1. The van der Waals surface area contributed by atoms with Crippen LogP contribution in [0.1, 0.15) is 5.56 Å². The summed E-state index contributed by atoms with van der Waals surface area (Å²) in [4.78, 5) is 14.2. The summed E-state index contributed by atoms with van der Waals surface area (Å²) in [5, 5.41) is 12.4. The number of amides is 1. The molecule has 9 heteroatoms. The number of fused-ring (bicyclic) bond motifs is 1. The molecule has 29 heavy (non-hydrogen) atoms. The minimum atomic E-state index is -0.207. The van der Waals surface area contributed by atoms with E-state index in [2.05, 4.69) is 15.5 Å². The van der Waals surface area contributed by atoms with E-state index in [1.165, 1.54) is 11.8 Å². The van der Waals surface area contributed by atoms with Gasteiger partial charge in [-0.15, -0.1) is 5.10 Å². The van der Waals surface area contributed by atoms with Crippen molar-refractivity contribution < 1.29 is 14.3 Å². The maximum atomic E-state index is 12.6. The van der Waals surface area contributed by atoms with E-state index >= 15 is 0 Å². The molecule has 3 aromatic rings. The van der Waals surface area contributed by atoms with Gasteiger partial charge in [-0.1, -0.05) is 41.6 Å². The molecule has 0 unspecified atom stereocenters. The minimum absolute atomic E-state index is 0.0316. The number of carbonyl (C=O) groups excluding carboxylic acids is 1. The van der Waals surface area contributed by atoms with Crippen molar-refractivity contribution in [2.75, 3.05) is 26.0 Å². The Morgan fingerprint density at radius 1 is 1.21 bits per heavy atom. The van der Waals surface area contributed by atoms with E-state index in [1.54, 1.807) is 16.6 Å². The molecule has 2 heterocycles. The van der Waals surface area contributed by atoms with Gasteiger partial charge in [0.05, 0.1) is 18.0 Å². The lowest BCUT2D eigenvalue weighted by Crippen LogP contribution is -2.42. The maximum Gasteiger partial charge on any atom is 0.232 e. The topological polar surface area (TPSA) is 82.4 Å². The summed E-state index contributed by atoms with van der Waals surface area (Å²) in [6, 6.07) is 15.4. The smallest absolute Gasteiger partial charge is 0.232 e. The van der Waals surface area contributed by atoms with E-state index in [9.17, 15) is 4.79 Å². The van der Waals surface area contributed by atoms with Crippen molar-refractivity contribution in [1.29, 1.82) is 0 Å². The number of thioether (sulfide) groups is 1. The van der Waals surface area contributed by atoms with E-state index < -0.39 is 0 Å². The first-order chi connectivity index (χ1) is 14.1. The lowest BCUT2D eigenvalue weighted by atomic mass is 10.2. The Labute approximate surface area is 172 Å². The fourth-order valence-corrected chi connectivity index (χ4v) is 3.75. The number of hydrogen-bond acceptors (Lipinski definition) is 7. The van der Waals surface area contributed by atoms with Crippen molar-refractivity contribution in [2.45, 2.75) is 18.2 Å². The molecule has 1 amide bonds. The third-order valence-electron chi connectivity index (χ3n) is 4.51. The van der Waals surface area contributed by atoms with Crippen LogP contribution in [0, 0.1) is 6.92 Å². The van der Waals surface area contributed by atoms with Gasteiger partial charge in [0.25, 0.3) is 0 Å². The van der Waals surface area contributed by atoms with Crippen molar-refractivity contribution in [2.24, 2.45) is 0 Å². The number of ether oxygens (including phenoxy) is 2. The molecule has 150 valence electrons. The number of benzene rings is 2. The van der Waals surface area contributed by atoms with Crippen molar-refractivity contribution in [3.8, 4) is 17.2 Å². The third-order valence-corrected chi connectivity index (χ3v) is 5.42. The molecule has 1 aliphatic rings. The number of aryl methyl sites for hydroxylation is 1. The highest BCUT2D eigenvalue weighted by molar-refractivity contribution is 7.99. The van der Waals surface area contributed by atoms with Crippen LogP contribution in [0.4, 0.5) is 0 Å². The molecule has 0 N–H and O–H groups in total. The van der Waals surface area contributed by atoms with Crippen molar-refractivity contribution in [3.63, 3.8) is 0 Å². The second-order valence-corrected chi connectivity index (χ2v) is 7.71. The minimum Gasteiger partial charge on any atom is -0.486 e. The van der Waals surface area contributed by atoms with Gasteiger partial charge >= 0.3 is 0 Å². The van der Waals surface area contributed by atoms with Crippen LogP contribution in [0.15, 0.2) is 53.7 Å². The maximum absolute atomic E-state index is 12.6. The number of rotatable bonds is 6. The predicted octanol–water partition coefficient (Wildman–Crippen LogP) is 2.36. The number of tetrazole rings is 1. The largest absolute Gasteiger partial charge is 0.486 e. The van der Waals surface area contributed by atoms with Crippen LogP contribution < -0.4 is 9.47 Å². The Hall–Kier alpha value is -3.07. The van der Waals surface area contributed by atoms with Gasteiger partial charge in [-0.25, -0.2) is 0 Å². The Kier molecular flexibility index (Phi) is 5.66. The number of likely N-dealkylation sites (N-methyl/N-ethyl adjacent to an activating group) is 1. The van der Waals surface area contributed by atoms with Gasteiger partial charge in [-0.05, 0) is 41.6 Å². The van der Waals surface area contributed by atoms with Crippen molar-refractivity contribution in [3.05, 3.63) is 54.1 Å². The average Bonchev–Trinajstić information content (AvgIpc) is 3.21. The lowest BCUT2D eigenvalue weighted by molar-refractivity contribution is -0.128. The van der Waals surface area contributed by atoms with Crippen LogP contribution in [-0.2, 0) is 4.79 Å². The molecule has 4 rings (SSSR count). The van der Waals surface area contributed by atoms with E-state index in [1.807, 2.05) is 55.5 Å². The van der Waals surface area contributed by atoms with E-state index in [0.29, 0.717) is 24.1 Å². The lowest BCUT2D eigenvalue weighted by Gasteiger charge is -2.29. The van der Waals surface area contributed by atoms with Gasteiger partial charge in [-0.2, -0.15) is 4.68 Å². The summed E-state index contributed by atoms with van der Waals surface area (Å²) < 4.78 is 13.3. The highest BCUT2D eigenvalue weighted by Crippen LogP contribution is 2.31. The summed E-state index contributed by atoms with van der Waals surface area (Å²) in [5.74, 6) is 1.63. The molecule has 0 saturated heterocycles. The SMILES string of the molecule is Cc1ccc(-n2nnnc2SCC(=O)N(C)C[C@H]2COc3ccccc3O2)cc1. The summed E-state index contributed by atoms with van der Waals surface area (Å²) in [5.41, 5.74) is 2.01. The fraction of sp³-hybridized carbons (Fsp3) is 0.300. The zero-order chi connectivity index (χ0) is 20.2. The standard InChI is InChI=1S/C20H21N5O3S/c1-14-7-9-15(10-8-14)25-20(21-22-23-25)29-13-19(26)24(2)11-16-12-27-17-5-3-4-6-18(17)28-16/h3-10,16H,11-13H2,1-2H3/t16-/m0/s1. The number of nitrogens with zero attached hydrogens (tertiary/aromatic N) is 5. The first kappa shape index (κ1) is 19.3. The monoisotopic (exact) mass is 411 g/mol. The first-order valence-electron chi connectivity index (χ1n) is 9.21. The molecule has 1 aliphatic heterocycles. The normalized spacial score (nSPS) is 15.2. The molecular formula is C20H21N5O3S. The molecule has 0 aliphatic carbocycles. The molecule has 0 fully saturated rings. The predicted molar refractivity (Wildman–Crippen MR) is 109 cm³/mol. The van der Waals surface area contributed by atoms with Gasteiger partial charge in [0.1, 0.15) is 6.61 Å². The third kappa shape index (κ3) is 4.51. The zero-order valence-electron chi connectivity index (χ0n) is 16.2. The van der Waals surface area contributed by atoms with E-state index in [4.69, 9.17) is 9.47 Å². The number of aromatic nitrogens is 4. The Morgan fingerprint density at radius 3 is 2.76 bits per heavy atom. The summed E-state index contributed by atoms with van der Waals surface area (Å²) in [6.45, 7) is 2.87. The average molecular weight is 411 g/mol. The van der Waals surface area contributed by atoms with Gasteiger partial charge in [0, 0.05) is 7.05 Å². The van der Waals surface area contributed by atoms with Crippen molar-refractivity contribution in [1.82, 2.24) is 25.1 Å². The molecule has 2 aromatic carbocycles. The number of para-hydroxylation sites is 2. The quantitative estimate of drug-likeness (QED) is 0.576. The Bertz CT molecular complexity index is 992. The first-order valence-corrected chi connectivity index (χ1v) is 10.2. The molecule has 1 atom stereocenters. The van der Waals surface area contributed by atoms with Crippen LogP contribution in [0.2, 0.25) is 0 Å². The van der Waals surface area contributed by atoms with Gasteiger partial charge in [0.15, 0.2) is 17.6 Å². The van der Waals surface area contributed by atoms with Crippen LogP contribution in [-0.4, -0.2) is 63.1 Å². The van der Waals surface area contributed by atoms with Crippen LogP contribution >= 0.6 is 11.8 Å². The second-order valence-electron chi connectivity index (χ2n) is 6.77. The van der Waals surface area contributed by atoms with Crippen LogP contribution in [0.25, 0.3) is 5.69 Å². The summed E-state index contributed by atoms with van der Waals surface area (Å²) >= 11 is 1.30. The summed E-state index contributed by atoms with van der Waals surface area (Å²) in [7, 11) is 1.76.